The molecular weight excluding hydrogens is 264 g/mol. The monoisotopic (exact) mass is 294 g/mol. The lowest BCUT2D eigenvalue weighted by Crippen LogP contribution is -2.34. The van der Waals surface area contributed by atoms with Gasteiger partial charge < -0.3 is 10.2 Å². The van der Waals surface area contributed by atoms with Gasteiger partial charge in [0.15, 0.2) is 0 Å². The molecule has 0 saturated heterocycles. The summed E-state index contributed by atoms with van der Waals surface area (Å²) in [7, 11) is 2.24. The van der Waals surface area contributed by atoms with Gasteiger partial charge in [-0.3, -0.25) is 0 Å². The summed E-state index contributed by atoms with van der Waals surface area (Å²) in [4.78, 5) is 2.46. The van der Waals surface area contributed by atoms with E-state index in [-0.39, 0.29) is 0 Å². The van der Waals surface area contributed by atoms with E-state index in [2.05, 4.69) is 68.6 Å². The van der Waals surface area contributed by atoms with Crippen molar-refractivity contribution in [2.45, 2.75) is 45.7 Å². The number of hydrogen-bond donors (Lipinski definition) is 1. The molecule has 2 unspecified atom stereocenters. The van der Waals surface area contributed by atoms with Gasteiger partial charge in [0.1, 0.15) is 0 Å². The van der Waals surface area contributed by atoms with E-state index in [4.69, 9.17) is 0 Å². The second-order valence-electron chi connectivity index (χ2n) is 5.21. The molecule has 0 amide bonds. The molecular formula is C17H30N2S. The van der Waals surface area contributed by atoms with E-state index in [0.717, 1.165) is 13.0 Å². The van der Waals surface area contributed by atoms with Gasteiger partial charge in [0, 0.05) is 30.6 Å². The summed E-state index contributed by atoms with van der Waals surface area (Å²) >= 11 is 1.93. The molecule has 0 aromatic heterocycles. The van der Waals surface area contributed by atoms with Crippen LogP contribution >= 0.6 is 11.8 Å². The number of thioether (sulfide) groups is 1. The number of benzene rings is 1. The number of hydrogen-bond acceptors (Lipinski definition) is 3. The van der Waals surface area contributed by atoms with Crippen molar-refractivity contribution in [1.82, 2.24) is 5.32 Å². The zero-order valence-electron chi connectivity index (χ0n) is 13.6. The molecule has 1 N–H and O–H groups in total. The number of anilines is 1. The fraction of sp³-hybridized carbons (Fsp3) is 0.647. The lowest BCUT2D eigenvalue weighted by molar-refractivity contribution is 0.534. The summed E-state index contributed by atoms with van der Waals surface area (Å²) in [5.74, 6) is 1.18. The van der Waals surface area contributed by atoms with Gasteiger partial charge in [-0.2, -0.15) is 11.8 Å². The molecule has 2 nitrogen and oxygen atoms in total. The van der Waals surface area contributed by atoms with Gasteiger partial charge in [0.2, 0.25) is 0 Å². The standard InChI is InChI=1S/C17H30N2S/c1-6-14(13-20-5)19(4)17-12-10-9-11-15(17)16(7-2)18-8-3/h9-12,14,16,18H,6-8,13H2,1-5H3. The van der Waals surface area contributed by atoms with E-state index in [1.165, 1.54) is 23.4 Å². The van der Waals surface area contributed by atoms with Crippen molar-refractivity contribution < 1.29 is 0 Å². The van der Waals surface area contributed by atoms with Crippen LogP contribution in [0.25, 0.3) is 0 Å². The smallest absolute Gasteiger partial charge is 0.0414 e. The van der Waals surface area contributed by atoms with Crippen LogP contribution in [0.2, 0.25) is 0 Å². The highest BCUT2D eigenvalue weighted by molar-refractivity contribution is 7.98. The highest BCUT2D eigenvalue weighted by Gasteiger charge is 2.19. The lowest BCUT2D eigenvalue weighted by Gasteiger charge is -2.32. The molecule has 0 fully saturated rings. The van der Waals surface area contributed by atoms with E-state index >= 15 is 0 Å². The molecule has 0 bridgehead atoms. The molecule has 20 heavy (non-hydrogen) atoms. The van der Waals surface area contributed by atoms with Crippen LogP contribution in [0.1, 0.15) is 45.2 Å². The summed E-state index contributed by atoms with van der Waals surface area (Å²) in [5, 5.41) is 3.60. The SMILES string of the molecule is CCNC(CC)c1ccccc1N(C)C(CC)CSC. The Hall–Kier alpha value is -0.670. The highest BCUT2D eigenvalue weighted by atomic mass is 32.2. The molecule has 1 aromatic rings. The first-order valence-electron chi connectivity index (χ1n) is 7.73. The zero-order chi connectivity index (χ0) is 15.0. The third-order valence-electron chi connectivity index (χ3n) is 3.93. The van der Waals surface area contributed by atoms with Gasteiger partial charge in [0.05, 0.1) is 0 Å². The van der Waals surface area contributed by atoms with Crippen LogP contribution in [0.15, 0.2) is 24.3 Å². The third-order valence-corrected chi connectivity index (χ3v) is 4.65. The van der Waals surface area contributed by atoms with Gasteiger partial charge in [-0.1, -0.05) is 39.0 Å². The van der Waals surface area contributed by atoms with Crippen LogP contribution in [-0.2, 0) is 0 Å². The fourth-order valence-electron chi connectivity index (χ4n) is 2.72. The topological polar surface area (TPSA) is 15.3 Å². The van der Waals surface area contributed by atoms with Crippen LogP contribution in [0.5, 0.6) is 0 Å². The molecule has 1 aromatic carbocycles. The predicted octanol–water partition coefficient (Wildman–Crippen LogP) is 4.33. The minimum Gasteiger partial charge on any atom is -0.371 e. The molecule has 0 heterocycles. The Morgan fingerprint density at radius 2 is 1.85 bits per heavy atom. The second-order valence-corrected chi connectivity index (χ2v) is 6.12. The van der Waals surface area contributed by atoms with Crippen molar-refractivity contribution in [3.63, 3.8) is 0 Å². The quantitative estimate of drug-likeness (QED) is 0.730. The number of nitrogens with zero attached hydrogens (tertiary/aromatic N) is 1. The Kier molecular flexibility index (Phi) is 8.08. The average molecular weight is 295 g/mol. The molecule has 3 heteroatoms. The summed E-state index contributed by atoms with van der Waals surface area (Å²) in [5.41, 5.74) is 2.81. The number of rotatable bonds is 9. The van der Waals surface area contributed by atoms with Gasteiger partial charge in [-0.05, 0) is 37.3 Å². The van der Waals surface area contributed by atoms with Crippen molar-refractivity contribution in [3.05, 3.63) is 29.8 Å². The van der Waals surface area contributed by atoms with E-state index in [0.29, 0.717) is 12.1 Å². The van der Waals surface area contributed by atoms with Gasteiger partial charge >= 0.3 is 0 Å². The average Bonchev–Trinajstić information content (AvgIpc) is 2.49. The summed E-state index contributed by atoms with van der Waals surface area (Å²) < 4.78 is 0. The molecule has 0 aliphatic carbocycles. The highest BCUT2D eigenvalue weighted by Crippen LogP contribution is 2.29. The Morgan fingerprint density at radius 3 is 2.40 bits per heavy atom. The van der Waals surface area contributed by atoms with Crippen molar-refractivity contribution in [2.24, 2.45) is 0 Å². The third kappa shape index (κ3) is 4.42. The zero-order valence-corrected chi connectivity index (χ0v) is 14.5. The van der Waals surface area contributed by atoms with Crippen molar-refractivity contribution in [3.8, 4) is 0 Å². The Balaban J connectivity index is 3.04. The summed E-state index contributed by atoms with van der Waals surface area (Å²) in [6, 6.07) is 9.89. The van der Waals surface area contributed by atoms with Gasteiger partial charge in [-0.15, -0.1) is 0 Å². The minimum absolute atomic E-state index is 0.449. The molecule has 0 radical (unpaired) electrons. The maximum Gasteiger partial charge on any atom is 0.0414 e. The second kappa shape index (κ2) is 9.30. The van der Waals surface area contributed by atoms with E-state index < -0.39 is 0 Å². The Morgan fingerprint density at radius 1 is 1.15 bits per heavy atom. The molecule has 1 rings (SSSR count). The Bertz CT molecular complexity index is 381. The van der Waals surface area contributed by atoms with Crippen LogP contribution in [0.3, 0.4) is 0 Å². The van der Waals surface area contributed by atoms with Gasteiger partial charge in [0.25, 0.3) is 0 Å². The molecule has 114 valence electrons. The molecule has 2 atom stereocenters. The maximum absolute atomic E-state index is 3.60. The van der Waals surface area contributed by atoms with Crippen molar-refractivity contribution in [1.29, 1.82) is 0 Å². The molecule has 0 saturated carbocycles. The largest absolute Gasteiger partial charge is 0.371 e. The summed E-state index contributed by atoms with van der Waals surface area (Å²) in [6.07, 6.45) is 4.50. The van der Waals surface area contributed by atoms with Crippen LogP contribution < -0.4 is 10.2 Å². The Labute approximate surface area is 129 Å². The van der Waals surface area contributed by atoms with Crippen LogP contribution in [0, 0.1) is 0 Å². The fourth-order valence-corrected chi connectivity index (χ4v) is 3.56. The van der Waals surface area contributed by atoms with Crippen LogP contribution in [-0.4, -0.2) is 31.6 Å². The van der Waals surface area contributed by atoms with Gasteiger partial charge in [-0.25, -0.2) is 0 Å². The van der Waals surface area contributed by atoms with E-state index in [1.54, 1.807) is 0 Å². The van der Waals surface area contributed by atoms with E-state index in [9.17, 15) is 0 Å². The summed E-state index contributed by atoms with van der Waals surface area (Å²) in [6.45, 7) is 7.72. The molecule has 0 aliphatic heterocycles. The first-order valence-corrected chi connectivity index (χ1v) is 9.12. The first kappa shape index (κ1) is 17.4. The molecule has 0 spiro atoms. The number of nitrogens with one attached hydrogen (secondary N) is 1. The van der Waals surface area contributed by atoms with Crippen LogP contribution in [0.4, 0.5) is 5.69 Å². The minimum atomic E-state index is 0.449. The maximum atomic E-state index is 3.60. The predicted molar refractivity (Wildman–Crippen MR) is 94.0 cm³/mol. The van der Waals surface area contributed by atoms with E-state index in [1.807, 2.05) is 11.8 Å². The molecule has 0 aliphatic rings. The van der Waals surface area contributed by atoms with Crippen molar-refractivity contribution in [2.75, 3.05) is 30.5 Å². The lowest BCUT2D eigenvalue weighted by atomic mass is 10.0. The van der Waals surface area contributed by atoms with Crippen molar-refractivity contribution >= 4 is 17.4 Å². The normalized spacial score (nSPS) is 14.1. The number of para-hydroxylation sites is 1. The first-order chi connectivity index (χ1) is 9.69.